The Kier molecular flexibility index (Phi) is 6.31. The topological polar surface area (TPSA) is 205 Å². The first-order valence-electron chi connectivity index (χ1n) is 12.6. The van der Waals surface area contributed by atoms with Crippen LogP contribution in [0.25, 0.3) is 0 Å². The number of phenols is 1. The van der Waals surface area contributed by atoms with E-state index in [1.165, 1.54) is 12.1 Å². The number of Topliss-reactive ketones (excluding diaryl/α,β-unsaturated/α-hetero) is 2. The quantitative estimate of drug-likeness (QED) is 0.184. The smallest absolute Gasteiger partial charge is 0.315 e. The second-order valence-corrected chi connectivity index (χ2v) is 10.5. The summed E-state index contributed by atoms with van der Waals surface area (Å²) in [5.41, 5.74) is 1.89. The number of fused-ring (bicyclic) bond motifs is 3. The molecule has 0 saturated carbocycles. The van der Waals surface area contributed by atoms with Gasteiger partial charge in [-0.15, -0.1) is 0 Å². The molecule has 0 saturated heterocycles. The maximum atomic E-state index is 13.8. The Morgan fingerprint density at radius 2 is 1.73 bits per heavy atom. The molecule has 208 valence electrons. The maximum absolute atomic E-state index is 13.8. The van der Waals surface area contributed by atoms with Crippen LogP contribution in [0, 0.1) is 18.8 Å². The average molecular weight is 550 g/mol. The van der Waals surface area contributed by atoms with Gasteiger partial charge in [-0.1, -0.05) is 36.8 Å². The van der Waals surface area contributed by atoms with Crippen molar-refractivity contribution >= 4 is 23.4 Å². The predicted octanol–water partition coefficient (Wildman–Crippen LogP) is 1.57. The third-order valence-corrected chi connectivity index (χ3v) is 8.17. The highest BCUT2D eigenvalue weighted by molar-refractivity contribution is 6.24. The lowest BCUT2D eigenvalue weighted by atomic mass is 9.56. The number of aliphatic hydroxyl groups excluding tert-OH is 3. The zero-order valence-corrected chi connectivity index (χ0v) is 21.5. The third kappa shape index (κ3) is 3.81. The van der Waals surface area contributed by atoms with Gasteiger partial charge in [-0.2, -0.15) is 0 Å². The second-order valence-electron chi connectivity index (χ2n) is 10.5. The van der Waals surface area contributed by atoms with Crippen molar-refractivity contribution in [2.45, 2.75) is 44.3 Å². The summed E-state index contributed by atoms with van der Waals surface area (Å²) in [7, 11) is 0. The van der Waals surface area contributed by atoms with Crippen LogP contribution in [0.2, 0.25) is 0 Å². The number of rotatable bonds is 4. The minimum Gasteiger partial charge on any atom is -0.511 e. The summed E-state index contributed by atoms with van der Waals surface area (Å²) >= 11 is 0. The molecule has 2 aromatic rings. The number of primary amides is 1. The van der Waals surface area contributed by atoms with E-state index in [4.69, 9.17) is 10.5 Å². The molecule has 0 bridgehead atoms. The summed E-state index contributed by atoms with van der Waals surface area (Å²) in [5, 5.41) is 55.2. The van der Waals surface area contributed by atoms with Crippen molar-refractivity contribution in [3.8, 4) is 11.5 Å². The fourth-order valence-electron chi connectivity index (χ4n) is 6.11. The molecule has 5 atom stereocenters. The molecule has 1 amide bonds. The number of allylic oxidation sites excluding steroid dienone is 1. The molecule has 0 aliphatic heterocycles. The number of aromatic hydroxyl groups is 1. The van der Waals surface area contributed by atoms with E-state index in [1.54, 1.807) is 31.2 Å². The van der Waals surface area contributed by atoms with E-state index in [0.29, 0.717) is 11.3 Å². The van der Waals surface area contributed by atoms with E-state index in [0.717, 1.165) is 5.56 Å². The van der Waals surface area contributed by atoms with E-state index >= 15 is 0 Å². The first kappa shape index (κ1) is 27.1. The molecule has 7 N–H and O–H groups in total. The van der Waals surface area contributed by atoms with Crippen LogP contribution in [-0.4, -0.2) is 60.7 Å². The highest BCUT2D eigenvalue weighted by Gasteiger charge is 2.64. The van der Waals surface area contributed by atoms with Gasteiger partial charge >= 0.3 is 5.97 Å². The SMILES string of the molecule is Cc1ccc(OC(=O)Cc2ccc3c(c2O)C(=O)C2=C(O)C4(O)C(=O)C(C(N)=O)=C(O)CC4C(O)C2C3C)cc1. The summed E-state index contributed by atoms with van der Waals surface area (Å²) < 4.78 is 5.31. The molecule has 0 heterocycles. The maximum Gasteiger partial charge on any atom is 0.315 e. The fraction of sp³-hybridized carbons (Fsp3) is 0.310. The van der Waals surface area contributed by atoms with Crippen molar-refractivity contribution in [2.24, 2.45) is 17.6 Å². The van der Waals surface area contributed by atoms with Crippen LogP contribution in [-0.2, 0) is 20.8 Å². The minimum atomic E-state index is -2.92. The molecule has 5 rings (SSSR count). The molecule has 0 aromatic heterocycles. The third-order valence-electron chi connectivity index (χ3n) is 8.17. The monoisotopic (exact) mass is 549 g/mol. The van der Waals surface area contributed by atoms with Crippen LogP contribution in [0.1, 0.15) is 46.3 Å². The van der Waals surface area contributed by atoms with Crippen molar-refractivity contribution in [1.29, 1.82) is 0 Å². The first-order valence-corrected chi connectivity index (χ1v) is 12.6. The van der Waals surface area contributed by atoms with Gasteiger partial charge in [0.25, 0.3) is 5.91 Å². The number of ketones is 2. The van der Waals surface area contributed by atoms with Gasteiger partial charge in [0.2, 0.25) is 5.78 Å². The second kappa shape index (κ2) is 9.32. The molecule has 0 spiro atoms. The first-order chi connectivity index (χ1) is 18.8. The Labute approximate surface area is 227 Å². The highest BCUT2D eigenvalue weighted by Crippen LogP contribution is 2.55. The average Bonchev–Trinajstić information content (AvgIpc) is 2.89. The number of ether oxygens (including phenoxy) is 1. The van der Waals surface area contributed by atoms with Crippen LogP contribution >= 0.6 is 0 Å². The molecule has 11 heteroatoms. The summed E-state index contributed by atoms with van der Waals surface area (Å²) in [4.78, 5) is 51.3. The normalized spacial score (nSPS) is 27.6. The molecular formula is C29H27NO10. The summed E-state index contributed by atoms with van der Waals surface area (Å²) in [6, 6.07) is 9.70. The number of hydrogen-bond acceptors (Lipinski definition) is 10. The van der Waals surface area contributed by atoms with Crippen LogP contribution in [0.3, 0.4) is 0 Å². The van der Waals surface area contributed by atoms with Crippen LogP contribution in [0.4, 0.5) is 0 Å². The van der Waals surface area contributed by atoms with Crippen molar-refractivity contribution in [2.75, 3.05) is 0 Å². The number of hydrogen-bond donors (Lipinski definition) is 6. The van der Waals surface area contributed by atoms with Gasteiger partial charge in [0.15, 0.2) is 11.4 Å². The lowest BCUT2D eigenvalue weighted by Gasteiger charge is -2.50. The van der Waals surface area contributed by atoms with Gasteiger partial charge in [0.1, 0.15) is 28.6 Å². The van der Waals surface area contributed by atoms with Gasteiger partial charge in [-0.05, 0) is 30.5 Å². The van der Waals surface area contributed by atoms with E-state index < -0.39 is 94.2 Å². The molecule has 0 fully saturated rings. The summed E-state index contributed by atoms with van der Waals surface area (Å²) in [6.07, 6.45) is -2.58. The number of benzene rings is 2. The highest BCUT2D eigenvalue weighted by atomic mass is 16.5. The van der Waals surface area contributed by atoms with Crippen LogP contribution < -0.4 is 10.5 Å². The Morgan fingerprint density at radius 1 is 1.07 bits per heavy atom. The number of aryl methyl sites for hydroxylation is 1. The lowest BCUT2D eigenvalue weighted by Crippen LogP contribution is -2.62. The van der Waals surface area contributed by atoms with Crippen LogP contribution in [0.5, 0.6) is 11.5 Å². The summed E-state index contributed by atoms with van der Waals surface area (Å²) in [5.74, 6) is -9.90. The Hall–Kier alpha value is -4.48. The molecular weight excluding hydrogens is 522 g/mol. The Bertz CT molecular complexity index is 1550. The number of esters is 1. The summed E-state index contributed by atoms with van der Waals surface area (Å²) in [6.45, 7) is 3.49. The minimum absolute atomic E-state index is 0.0560. The van der Waals surface area contributed by atoms with Gasteiger partial charge in [-0.25, -0.2) is 0 Å². The van der Waals surface area contributed by atoms with Gasteiger partial charge < -0.3 is 36.0 Å². The zero-order valence-electron chi connectivity index (χ0n) is 21.5. The molecule has 5 unspecified atom stereocenters. The largest absolute Gasteiger partial charge is 0.511 e. The van der Waals surface area contributed by atoms with E-state index in [9.17, 15) is 44.7 Å². The molecule has 3 aliphatic rings. The zero-order chi connectivity index (χ0) is 29.3. The fourth-order valence-corrected chi connectivity index (χ4v) is 6.11. The predicted molar refractivity (Wildman–Crippen MR) is 137 cm³/mol. The lowest BCUT2D eigenvalue weighted by molar-refractivity contribution is -0.154. The molecule has 40 heavy (non-hydrogen) atoms. The van der Waals surface area contributed by atoms with Crippen molar-refractivity contribution in [1.82, 2.24) is 0 Å². The van der Waals surface area contributed by atoms with Crippen molar-refractivity contribution in [3.05, 3.63) is 81.3 Å². The Balaban J connectivity index is 1.56. The number of carbonyl (C=O) groups is 4. The van der Waals surface area contributed by atoms with Crippen molar-refractivity contribution in [3.63, 3.8) is 0 Å². The van der Waals surface area contributed by atoms with E-state index in [-0.39, 0.29) is 11.1 Å². The van der Waals surface area contributed by atoms with Gasteiger partial charge in [0, 0.05) is 29.4 Å². The molecule has 3 aliphatic carbocycles. The standard InChI is InChI=1S/C29H27NO10/c1-11-3-6-14(7-4-11)40-18(32)9-13-5-8-15-12(2)19-22(25(35)20(15)23(13)33)27(37)29(39)16(24(19)34)10-17(31)21(26(29)36)28(30)38/h3-8,12,16,19,24,31,33-34,37,39H,9-10H2,1-2H3,(H2,30,38). The number of phenolic OH excluding ortho intramolecular Hbond substituents is 1. The van der Waals surface area contributed by atoms with Gasteiger partial charge in [0.05, 0.1) is 18.1 Å². The van der Waals surface area contributed by atoms with Gasteiger partial charge in [-0.3, -0.25) is 19.2 Å². The Morgan fingerprint density at radius 3 is 2.35 bits per heavy atom. The molecule has 11 nitrogen and oxygen atoms in total. The number of aliphatic hydroxyl groups is 4. The number of carbonyl (C=O) groups excluding carboxylic acids is 4. The number of nitrogens with two attached hydrogens (primary N) is 1. The molecule has 2 aromatic carbocycles. The van der Waals surface area contributed by atoms with E-state index in [1.807, 2.05) is 6.92 Å². The number of amides is 1. The van der Waals surface area contributed by atoms with Crippen LogP contribution in [0.15, 0.2) is 59.1 Å². The molecule has 0 radical (unpaired) electrons. The van der Waals surface area contributed by atoms with E-state index in [2.05, 4.69) is 0 Å². The van der Waals surface area contributed by atoms with Crippen molar-refractivity contribution < 1.29 is 49.4 Å².